The van der Waals surface area contributed by atoms with E-state index in [4.69, 9.17) is 4.74 Å². The molecule has 0 radical (unpaired) electrons. The molecule has 2 fully saturated rings. The van der Waals surface area contributed by atoms with Crippen molar-refractivity contribution >= 4 is 6.08 Å². The fraction of sp³-hybridized carbons (Fsp3) is 0.440. The van der Waals surface area contributed by atoms with Crippen molar-refractivity contribution in [2.75, 3.05) is 6.61 Å². The highest BCUT2D eigenvalue weighted by Gasteiger charge is 2.28. The van der Waals surface area contributed by atoms with E-state index in [1.54, 1.807) is 24.3 Å². The summed E-state index contributed by atoms with van der Waals surface area (Å²) in [5, 5.41) is 0. The van der Waals surface area contributed by atoms with E-state index in [9.17, 15) is 13.2 Å². The number of allylic oxidation sites excluding steroid dienone is 1. The lowest BCUT2D eigenvalue weighted by molar-refractivity contribution is 0.368. The van der Waals surface area contributed by atoms with Crippen molar-refractivity contribution in [3.05, 3.63) is 76.1 Å². The third kappa shape index (κ3) is 4.58. The van der Waals surface area contributed by atoms with Crippen LogP contribution >= 0.6 is 0 Å². The second kappa shape index (κ2) is 8.74. The minimum atomic E-state index is -0.761. The summed E-state index contributed by atoms with van der Waals surface area (Å²) in [6.45, 7) is 2.63. The topological polar surface area (TPSA) is 12.5 Å². The van der Waals surface area contributed by atoms with Gasteiger partial charge in [-0.2, -0.15) is 0 Å². The molecule has 1 saturated carbocycles. The average molecular weight is 400 g/mol. The van der Waals surface area contributed by atoms with Crippen LogP contribution < -0.4 is 0 Å². The highest BCUT2D eigenvalue weighted by atomic mass is 19.2. The molecule has 1 saturated heterocycles. The third-order valence-corrected chi connectivity index (χ3v) is 6.20. The molecule has 0 spiro atoms. The molecule has 0 amide bonds. The molecule has 1 atom stereocenters. The van der Waals surface area contributed by atoms with Crippen LogP contribution in [-0.4, -0.2) is 6.61 Å². The molecule has 29 heavy (non-hydrogen) atoms. The quantitative estimate of drug-likeness (QED) is 0.471. The predicted molar refractivity (Wildman–Crippen MR) is 109 cm³/mol. The van der Waals surface area contributed by atoms with Crippen molar-refractivity contribution < 1.29 is 17.9 Å². The number of aryl methyl sites for hydroxylation is 1. The van der Waals surface area contributed by atoms with Crippen LogP contribution in [0.15, 0.2) is 36.4 Å². The predicted octanol–water partition coefficient (Wildman–Crippen LogP) is 7.11. The van der Waals surface area contributed by atoms with Gasteiger partial charge < -0.3 is 4.74 Å². The maximum atomic E-state index is 14.5. The maximum Gasteiger partial charge on any atom is 0.166 e. The van der Waals surface area contributed by atoms with Crippen LogP contribution in [0.3, 0.4) is 0 Å². The van der Waals surface area contributed by atoms with Gasteiger partial charge in [0.05, 0.1) is 6.61 Å². The molecule has 1 aliphatic carbocycles. The molecule has 0 N–H and O–H groups in total. The molecule has 1 heterocycles. The molecule has 0 bridgehead atoms. The molecule has 4 heteroatoms. The van der Waals surface area contributed by atoms with E-state index >= 15 is 0 Å². The Hall–Kier alpha value is -2.07. The second-order valence-corrected chi connectivity index (χ2v) is 8.27. The number of hydrogen-bond donors (Lipinski definition) is 0. The van der Waals surface area contributed by atoms with Gasteiger partial charge in [0.15, 0.2) is 11.6 Å². The van der Waals surface area contributed by atoms with Crippen LogP contribution in [-0.2, 0) is 11.2 Å². The largest absolute Gasteiger partial charge is 0.368 e. The summed E-state index contributed by atoms with van der Waals surface area (Å²) in [4.78, 5) is 0. The first kappa shape index (κ1) is 20.2. The Morgan fingerprint density at radius 1 is 1.00 bits per heavy atom. The van der Waals surface area contributed by atoms with E-state index < -0.39 is 11.6 Å². The number of benzene rings is 2. The zero-order chi connectivity index (χ0) is 20.4. The highest BCUT2D eigenvalue weighted by molar-refractivity contribution is 5.51. The summed E-state index contributed by atoms with van der Waals surface area (Å²) >= 11 is 0. The molecule has 1 unspecified atom stereocenters. The lowest BCUT2D eigenvalue weighted by Crippen LogP contribution is -2.13. The minimum absolute atomic E-state index is 0.0701. The van der Waals surface area contributed by atoms with Gasteiger partial charge in [-0.1, -0.05) is 49.8 Å². The number of hydrogen-bond acceptors (Lipinski definition) is 1. The Bertz CT molecular complexity index is 893. The van der Waals surface area contributed by atoms with Crippen LogP contribution in [0.1, 0.15) is 73.3 Å². The molecule has 2 aromatic carbocycles. The Kier molecular flexibility index (Phi) is 6.09. The number of epoxide rings is 1. The van der Waals surface area contributed by atoms with Gasteiger partial charge >= 0.3 is 0 Å². The lowest BCUT2D eigenvalue weighted by atomic mass is 9.78. The molecule has 2 aliphatic rings. The summed E-state index contributed by atoms with van der Waals surface area (Å²) in [5.74, 6) is -1.10. The third-order valence-electron chi connectivity index (χ3n) is 6.20. The molecule has 4 rings (SSSR count). The molecule has 2 aromatic rings. The highest BCUT2D eigenvalue weighted by Crippen LogP contribution is 2.39. The molecule has 154 valence electrons. The fourth-order valence-electron chi connectivity index (χ4n) is 4.37. The first-order valence-corrected chi connectivity index (χ1v) is 10.6. The van der Waals surface area contributed by atoms with Crippen molar-refractivity contribution in [2.45, 2.75) is 57.5 Å². The standard InChI is InChI=1S/C25H27F3O/c1-2-3-18-10-11-19(25(28)24(18)27)9-6-16-4-7-17(8-5-16)21-13-12-20(14-22(21)26)23-15-29-23/h6,9-14,16-17,23H,2-5,7-8,15H2,1H3/b9-6+. The van der Waals surface area contributed by atoms with Crippen molar-refractivity contribution in [2.24, 2.45) is 5.92 Å². The SMILES string of the molecule is CCCc1ccc(/C=C/C2CCC(c3ccc(C4CO4)cc3F)CC2)c(F)c1F. The van der Waals surface area contributed by atoms with Crippen LogP contribution in [0.5, 0.6) is 0 Å². The Morgan fingerprint density at radius 3 is 2.41 bits per heavy atom. The van der Waals surface area contributed by atoms with Gasteiger partial charge in [-0.15, -0.1) is 0 Å². The monoisotopic (exact) mass is 400 g/mol. The molecule has 0 aromatic heterocycles. The Morgan fingerprint density at radius 2 is 1.76 bits per heavy atom. The van der Waals surface area contributed by atoms with Crippen molar-refractivity contribution in [1.29, 1.82) is 0 Å². The summed E-state index contributed by atoms with van der Waals surface area (Å²) in [6, 6.07) is 8.83. The van der Waals surface area contributed by atoms with Gasteiger partial charge in [0.25, 0.3) is 0 Å². The van der Waals surface area contributed by atoms with Gasteiger partial charge in [0.1, 0.15) is 11.9 Å². The Balaban J connectivity index is 1.37. The number of rotatable bonds is 6. The molecular formula is C25H27F3O. The molecule has 1 aliphatic heterocycles. The average Bonchev–Trinajstić information content (AvgIpc) is 3.57. The van der Waals surface area contributed by atoms with Crippen LogP contribution in [0, 0.1) is 23.4 Å². The Labute approximate surface area is 170 Å². The van der Waals surface area contributed by atoms with E-state index in [0.29, 0.717) is 30.1 Å². The van der Waals surface area contributed by atoms with Crippen molar-refractivity contribution in [3.8, 4) is 0 Å². The fourth-order valence-corrected chi connectivity index (χ4v) is 4.37. The van der Waals surface area contributed by atoms with E-state index in [2.05, 4.69) is 0 Å². The summed E-state index contributed by atoms with van der Waals surface area (Å²) in [7, 11) is 0. The van der Waals surface area contributed by atoms with Crippen molar-refractivity contribution in [1.82, 2.24) is 0 Å². The maximum absolute atomic E-state index is 14.5. The van der Waals surface area contributed by atoms with Gasteiger partial charge in [-0.25, -0.2) is 13.2 Å². The smallest absolute Gasteiger partial charge is 0.166 e. The molecular weight excluding hydrogens is 373 g/mol. The second-order valence-electron chi connectivity index (χ2n) is 8.27. The molecule has 1 nitrogen and oxygen atoms in total. The van der Waals surface area contributed by atoms with E-state index in [1.165, 1.54) is 0 Å². The van der Waals surface area contributed by atoms with Gasteiger partial charge in [-0.3, -0.25) is 0 Å². The summed E-state index contributed by atoms with van der Waals surface area (Å²) in [5.41, 5.74) is 2.44. The van der Waals surface area contributed by atoms with E-state index in [1.807, 2.05) is 25.1 Å². The van der Waals surface area contributed by atoms with E-state index in [-0.39, 0.29) is 17.8 Å². The van der Waals surface area contributed by atoms with Crippen molar-refractivity contribution in [3.63, 3.8) is 0 Å². The van der Waals surface area contributed by atoms with Gasteiger partial charge in [0.2, 0.25) is 0 Å². The number of halogens is 3. The number of ether oxygens (including phenoxy) is 1. The van der Waals surface area contributed by atoms with Crippen LogP contribution in [0.4, 0.5) is 13.2 Å². The zero-order valence-corrected chi connectivity index (χ0v) is 16.8. The van der Waals surface area contributed by atoms with Gasteiger partial charge in [-0.05, 0) is 66.7 Å². The first-order valence-electron chi connectivity index (χ1n) is 10.6. The first-order chi connectivity index (χ1) is 14.1. The summed E-state index contributed by atoms with van der Waals surface area (Å²) < 4.78 is 48.1. The zero-order valence-electron chi connectivity index (χ0n) is 16.8. The minimum Gasteiger partial charge on any atom is -0.368 e. The normalized spacial score (nSPS) is 24.2. The van der Waals surface area contributed by atoms with E-state index in [0.717, 1.165) is 43.2 Å². The van der Waals surface area contributed by atoms with Crippen LogP contribution in [0.25, 0.3) is 6.08 Å². The lowest BCUT2D eigenvalue weighted by Gasteiger charge is -2.27. The summed E-state index contributed by atoms with van der Waals surface area (Å²) in [6.07, 6.45) is 8.73. The van der Waals surface area contributed by atoms with Gasteiger partial charge in [0, 0.05) is 5.56 Å². The van der Waals surface area contributed by atoms with Crippen LogP contribution in [0.2, 0.25) is 0 Å².